The Hall–Kier alpha value is -2.73. The highest BCUT2D eigenvalue weighted by Gasteiger charge is 2.51. The SMILES string of the molecule is Cc1cn([C@H]2C[C@H](O)[C@](CO)(n3cc(CSc4ccccc4)nn3)O2)c(=O)[nH]c1=O. The molecule has 1 saturated heterocycles. The predicted molar refractivity (Wildman–Crippen MR) is 108 cm³/mol. The van der Waals surface area contributed by atoms with Crippen molar-refractivity contribution in [2.24, 2.45) is 0 Å². The lowest BCUT2D eigenvalue weighted by Gasteiger charge is -2.29. The van der Waals surface area contributed by atoms with E-state index in [9.17, 15) is 19.8 Å². The van der Waals surface area contributed by atoms with Gasteiger partial charge in [0.25, 0.3) is 5.56 Å². The van der Waals surface area contributed by atoms with Crippen LogP contribution >= 0.6 is 11.8 Å². The number of aliphatic hydroxyl groups is 2. The fourth-order valence-electron chi connectivity index (χ4n) is 3.35. The summed E-state index contributed by atoms with van der Waals surface area (Å²) in [5.41, 5.74) is -1.75. The van der Waals surface area contributed by atoms with Crippen LogP contribution in [0.15, 0.2) is 57.2 Å². The summed E-state index contributed by atoms with van der Waals surface area (Å²) in [6.45, 7) is 0.990. The van der Waals surface area contributed by atoms with Gasteiger partial charge < -0.3 is 14.9 Å². The standard InChI is InChI=1S/C19H21N5O5S/c1-12-8-23(18(28)20-17(12)27)16-7-15(26)19(11-25,29-16)24-9-13(21-22-24)10-30-14-5-3-2-4-6-14/h2-6,8-9,15-16,25-26H,7,10-11H2,1H3,(H,20,27,28)/t15-,16+,19+/m0/s1. The number of rotatable bonds is 6. The first-order valence-electron chi connectivity index (χ1n) is 9.31. The number of ether oxygens (including phenoxy) is 1. The predicted octanol–water partition coefficient (Wildman–Crippen LogP) is 0.354. The van der Waals surface area contributed by atoms with Crippen LogP contribution in [0.25, 0.3) is 0 Å². The first-order valence-corrected chi connectivity index (χ1v) is 10.3. The third-order valence-corrected chi connectivity index (χ3v) is 6.07. The molecule has 0 radical (unpaired) electrons. The van der Waals surface area contributed by atoms with Crippen LogP contribution in [-0.4, -0.2) is 47.5 Å². The van der Waals surface area contributed by atoms with E-state index in [4.69, 9.17) is 4.74 Å². The fraction of sp³-hybridized carbons (Fsp3) is 0.368. The van der Waals surface area contributed by atoms with Gasteiger partial charge in [0, 0.05) is 28.8 Å². The molecular weight excluding hydrogens is 410 g/mol. The number of aryl methyl sites for hydroxylation is 1. The fourth-order valence-corrected chi connectivity index (χ4v) is 4.15. The van der Waals surface area contributed by atoms with Gasteiger partial charge >= 0.3 is 5.69 Å². The van der Waals surface area contributed by atoms with E-state index in [1.54, 1.807) is 24.9 Å². The Morgan fingerprint density at radius 3 is 2.80 bits per heavy atom. The highest BCUT2D eigenvalue weighted by atomic mass is 32.2. The van der Waals surface area contributed by atoms with Crippen molar-refractivity contribution >= 4 is 11.8 Å². The molecule has 3 N–H and O–H groups in total. The second-order valence-electron chi connectivity index (χ2n) is 7.06. The first-order chi connectivity index (χ1) is 14.4. The minimum Gasteiger partial charge on any atom is -0.391 e. The lowest BCUT2D eigenvalue weighted by Crippen LogP contribution is -2.46. The summed E-state index contributed by atoms with van der Waals surface area (Å²) in [4.78, 5) is 27.1. The molecule has 30 heavy (non-hydrogen) atoms. The van der Waals surface area contributed by atoms with Crippen molar-refractivity contribution in [3.8, 4) is 0 Å². The van der Waals surface area contributed by atoms with Crippen LogP contribution < -0.4 is 11.2 Å². The third kappa shape index (κ3) is 3.72. The number of hydrogen-bond acceptors (Lipinski definition) is 8. The lowest BCUT2D eigenvalue weighted by atomic mass is 10.1. The van der Waals surface area contributed by atoms with Crippen molar-refractivity contribution in [1.82, 2.24) is 24.5 Å². The number of H-pyrrole nitrogens is 1. The largest absolute Gasteiger partial charge is 0.391 e. The Balaban J connectivity index is 1.57. The van der Waals surface area contributed by atoms with Gasteiger partial charge in [0.1, 0.15) is 12.3 Å². The Bertz CT molecular complexity index is 1140. The molecule has 1 aliphatic heterocycles. The van der Waals surface area contributed by atoms with Gasteiger partial charge in [-0.1, -0.05) is 23.4 Å². The molecule has 0 bridgehead atoms. The lowest BCUT2D eigenvalue weighted by molar-refractivity contribution is -0.187. The maximum atomic E-state index is 12.2. The summed E-state index contributed by atoms with van der Waals surface area (Å²) < 4.78 is 8.42. The van der Waals surface area contributed by atoms with Gasteiger partial charge in [-0.3, -0.25) is 14.3 Å². The molecule has 0 amide bonds. The summed E-state index contributed by atoms with van der Waals surface area (Å²) in [5, 5.41) is 28.9. The van der Waals surface area contributed by atoms with Crippen molar-refractivity contribution in [3.63, 3.8) is 0 Å². The zero-order valence-electron chi connectivity index (χ0n) is 16.1. The molecule has 0 spiro atoms. The maximum Gasteiger partial charge on any atom is 0.330 e. The van der Waals surface area contributed by atoms with E-state index >= 15 is 0 Å². The molecule has 3 heterocycles. The Morgan fingerprint density at radius 1 is 1.30 bits per heavy atom. The minimum atomic E-state index is -1.59. The molecule has 11 heteroatoms. The van der Waals surface area contributed by atoms with E-state index < -0.39 is 35.9 Å². The number of nitrogens with one attached hydrogen (secondary N) is 1. The third-order valence-electron chi connectivity index (χ3n) is 5.03. The summed E-state index contributed by atoms with van der Waals surface area (Å²) in [5.74, 6) is 0.545. The molecule has 2 aromatic heterocycles. The van der Waals surface area contributed by atoms with Crippen molar-refractivity contribution in [1.29, 1.82) is 0 Å². The van der Waals surface area contributed by atoms with Gasteiger partial charge in [-0.25, -0.2) is 9.48 Å². The topological polar surface area (TPSA) is 135 Å². The summed E-state index contributed by atoms with van der Waals surface area (Å²) in [6, 6.07) is 9.81. The van der Waals surface area contributed by atoms with E-state index in [1.165, 1.54) is 15.4 Å². The van der Waals surface area contributed by atoms with E-state index in [2.05, 4.69) is 15.3 Å². The van der Waals surface area contributed by atoms with E-state index in [-0.39, 0.29) is 6.42 Å². The highest BCUT2D eigenvalue weighted by Crippen LogP contribution is 2.39. The molecule has 0 unspecified atom stereocenters. The quantitative estimate of drug-likeness (QED) is 0.476. The van der Waals surface area contributed by atoms with Crippen molar-refractivity contribution in [2.45, 2.75) is 42.0 Å². The monoisotopic (exact) mass is 431 g/mol. The van der Waals surface area contributed by atoms with Crippen LogP contribution in [0.5, 0.6) is 0 Å². The molecule has 0 aliphatic carbocycles. The van der Waals surface area contributed by atoms with Gasteiger partial charge in [-0.15, -0.1) is 16.9 Å². The van der Waals surface area contributed by atoms with E-state index in [0.717, 1.165) is 4.90 Å². The van der Waals surface area contributed by atoms with Crippen molar-refractivity contribution in [2.75, 3.05) is 6.61 Å². The number of thioether (sulfide) groups is 1. The van der Waals surface area contributed by atoms with Gasteiger partial charge in [0.15, 0.2) is 0 Å². The van der Waals surface area contributed by atoms with Crippen LogP contribution in [0.3, 0.4) is 0 Å². The summed E-state index contributed by atoms with van der Waals surface area (Å²) in [7, 11) is 0. The van der Waals surface area contributed by atoms with Crippen LogP contribution in [0, 0.1) is 6.92 Å². The average molecular weight is 431 g/mol. The van der Waals surface area contributed by atoms with Gasteiger partial charge in [0.05, 0.1) is 18.5 Å². The number of benzene rings is 1. The van der Waals surface area contributed by atoms with Crippen LogP contribution in [0.4, 0.5) is 0 Å². The second kappa shape index (κ2) is 8.19. The zero-order chi connectivity index (χ0) is 21.3. The summed E-state index contributed by atoms with van der Waals surface area (Å²) in [6.07, 6.45) is 0.970. The van der Waals surface area contributed by atoms with Gasteiger partial charge in [-0.2, -0.15) is 0 Å². The normalized spacial score (nSPS) is 23.7. The molecule has 0 saturated carbocycles. The summed E-state index contributed by atoms with van der Waals surface area (Å²) >= 11 is 1.58. The number of aromatic amines is 1. The van der Waals surface area contributed by atoms with E-state index in [1.807, 2.05) is 30.3 Å². The zero-order valence-corrected chi connectivity index (χ0v) is 17.0. The molecule has 1 aromatic carbocycles. The molecule has 1 fully saturated rings. The Kier molecular flexibility index (Phi) is 5.60. The molecule has 158 valence electrons. The molecular formula is C19H21N5O5S. The van der Waals surface area contributed by atoms with Crippen molar-refractivity contribution < 1.29 is 14.9 Å². The van der Waals surface area contributed by atoms with Crippen molar-refractivity contribution in [3.05, 3.63) is 74.8 Å². The van der Waals surface area contributed by atoms with Crippen LogP contribution in [0.1, 0.15) is 23.9 Å². The average Bonchev–Trinajstić information content (AvgIpc) is 3.35. The smallest absolute Gasteiger partial charge is 0.330 e. The Labute approximate surface area is 175 Å². The van der Waals surface area contributed by atoms with Crippen LogP contribution in [-0.2, 0) is 16.2 Å². The molecule has 1 aliphatic rings. The molecule has 3 aromatic rings. The number of aromatic nitrogens is 5. The Morgan fingerprint density at radius 2 is 2.07 bits per heavy atom. The first kappa shape index (κ1) is 20.5. The van der Waals surface area contributed by atoms with Gasteiger partial charge in [0.2, 0.25) is 5.72 Å². The number of aliphatic hydroxyl groups excluding tert-OH is 2. The molecule has 10 nitrogen and oxygen atoms in total. The number of hydrogen-bond donors (Lipinski definition) is 3. The van der Waals surface area contributed by atoms with Gasteiger partial charge in [-0.05, 0) is 19.1 Å². The van der Waals surface area contributed by atoms with E-state index in [0.29, 0.717) is 17.0 Å². The molecule has 4 rings (SSSR count). The number of nitrogens with zero attached hydrogens (tertiary/aromatic N) is 4. The molecule has 3 atom stereocenters. The minimum absolute atomic E-state index is 0.0277. The highest BCUT2D eigenvalue weighted by molar-refractivity contribution is 7.98. The van der Waals surface area contributed by atoms with Crippen LogP contribution in [0.2, 0.25) is 0 Å². The second-order valence-corrected chi connectivity index (χ2v) is 8.11. The maximum absolute atomic E-state index is 12.2.